The molecular weight excluding hydrogens is 444 g/mol. The van der Waals surface area contributed by atoms with Gasteiger partial charge in [-0.05, 0) is 38.5 Å². The number of rotatable bonds is 6. The van der Waals surface area contributed by atoms with Gasteiger partial charge in [-0.1, -0.05) is 6.07 Å². The highest BCUT2D eigenvalue weighted by Crippen LogP contribution is 2.25. The normalized spacial score (nSPS) is 14.3. The smallest absolute Gasteiger partial charge is 0.259 e. The van der Waals surface area contributed by atoms with Crippen LogP contribution in [-0.2, 0) is 11.8 Å². The van der Waals surface area contributed by atoms with Gasteiger partial charge in [-0.25, -0.2) is 4.52 Å². The van der Waals surface area contributed by atoms with Gasteiger partial charge in [-0.3, -0.25) is 24.2 Å². The third-order valence-corrected chi connectivity index (χ3v) is 6.41. The number of fused-ring (bicyclic) bond motifs is 1. The van der Waals surface area contributed by atoms with Gasteiger partial charge in [0.25, 0.3) is 5.91 Å². The van der Waals surface area contributed by atoms with Crippen molar-refractivity contribution < 1.29 is 9.59 Å². The highest BCUT2D eigenvalue weighted by Gasteiger charge is 2.33. The average Bonchev–Trinajstić information content (AvgIpc) is 3.40. The minimum atomic E-state index is -0.297. The highest BCUT2D eigenvalue weighted by molar-refractivity contribution is 6.09. The van der Waals surface area contributed by atoms with Crippen LogP contribution in [0.15, 0.2) is 49.2 Å². The van der Waals surface area contributed by atoms with Crippen LogP contribution in [0, 0.1) is 12.8 Å². The predicted molar refractivity (Wildman–Crippen MR) is 133 cm³/mol. The molecule has 1 aliphatic rings. The molecule has 1 fully saturated rings. The van der Waals surface area contributed by atoms with Gasteiger partial charge in [0.15, 0.2) is 0 Å². The molecule has 3 aromatic heterocycles. The number of aromatic nitrogens is 5. The standard InChI is InChI=1S/C25H28N8O2/c1-15(2)32-12-18(13-32)24(34)29-19-6-5-16(3)21(7-19)30-25(35)20-9-28-33-14-22(26-10-23(20)33)17-8-27-31(4)11-17/h5-11,14-15,18H,12-13H2,1-4H3,(H,29,34)(H,30,35). The Balaban J connectivity index is 1.30. The molecule has 0 aliphatic carbocycles. The van der Waals surface area contributed by atoms with Crippen LogP contribution >= 0.6 is 0 Å². The van der Waals surface area contributed by atoms with Crippen LogP contribution in [0.4, 0.5) is 11.4 Å². The van der Waals surface area contributed by atoms with Crippen molar-refractivity contribution in [3.63, 3.8) is 0 Å². The van der Waals surface area contributed by atoms with E-state index in [1.807, 2.05) is 32.3 Å². The van der Waals surface area contributed by atoms with Crippen molar-refractivity contribution in [3.05, 3.63) is 60.3 Å². The number of nitrogens with zero attached hydrogens (tertiary/aromatic N) is 6. The Morgan fingerprint density at radius 1 is 1.06 bits per heavy atom. The summed E-state index contributed by atoms with van der Waals surface area (Å²) in [5, 5.41) is 14.4. The predicted octanol–water partition coefficient (Wildman–Crippen LogP) is 2.97. The molecule has 1 aromatic carbocycles. The van der Waals surface area contributed by atoms with E-state index in [-0.39, 0.29) is 17.7 Å². The molecule has 0 unspecified atom stereocenters. The molecule has 10 nitrogen and oxygen atoms in total. The van der Waals surface area contributed by atoms with Crippen LogP contribution in [0.3, 0.4) is 0 Å². The van der Waals surface area contributed by atoms with Crippen LogP contribution in [0.5, 0.6) is 0 Å². The number of aryl methyl sites for hydroxylation is 2. The van der Waals surface area contributed by atoms with Crippen molar-refractivity contribution in [1.29, 1.82) is 0 Å². The lowest BCUT2D eigenvalue weighted by Crippen LogP contribution is -2.54. The van der Waals surface area contributed by atoms with E-state index in [1.54, 1.807) is 33.9 Å². The zero-order valence-electron chi connectivity index (χ0n) is 20.2. The van der Waals surface area contributed by atoms with Crippen LogP contribution in [-0.4, -0.2) is 60.2 Å². The molecule has 0 spiro atoms. The maximum Gasteiger partial charge on any atom is 0.259 e. The van der Waals surface area contributed by atoms with E-state index in [4.69, 9.17) is 0 Å². The molecule has 1 saturated heterocycles. The molecule has 35 heavy (non-hydrogen) atoms. The minimum Gasteiger partial charge on any atom is -0.326 e. The number of carbonyl (C=O) groups is 2. The summed E-state index contributed by atoms with van der Waals surface area (Å²) >= 11 is 0. The van der Waals surface area contributed by atoms with Gasteiger partial charge < -0.3 is 10.6 Å². The average molecular weight is 473 g/mol. The number of nitrogens with one attached hydrogen (secondary N) is 2. The summed E-state index contributed by atoms with van der Waals surface area (Å²) in [6.07, 6.45) is 8.52. The lowest BCUT2D eigenvalue weighted by Gasteiger charge is -2.41. The molecule has 0 saturated carbocycles. The van der Waals surface area contributed by atoms with Gasteiger partial charge in [0.2, 0.25) is 5.91 Å². The summed E-state index contributed by atoms with van der Waals surface area (Å²) in [6, 6.07) is 5.96. The lowest BCUT2D eigenvalue weighted by molar-refractivity contribution is -0.125. The Bertz CT molecular complexity index is 1410. The van der Waals surface area contributed by atoms with Crippen molar-refractivity contribution in [1.82, 2.24) is 29.3 Å². The van der Waals surface area contributed by atoms with E-state index in [0.717, 1.165) is 24.2 Å². The van der Waals surface area contributed by atoms with E-state index in [0.29, 0.717) is 34.2 Å². The fourth-order valence-electron chi connectivity index (χ4n) is 4.13. The molecule has 2 amide bonds. The number of benzene rings is 1. The van der Waals surface area contributed by atoms with Crippen molar-refractivity contribution in [3.8, 4) is 11.3 Å². The molecule has 180 valence electrons. The monoisotopic (exact) mass is 472 g/mol. The lowest BCUT2D eigenvalue weighted by atomic mass is 9.97. The summed E-state index contributed by atoms with van der Waals surface area (Å²) < 4.78 is 3.33. The maximum absolute atomic E-state index is 13.1. The molecule has 0 radical (unpaired) electrons. The van der Waals surface area contributed by atoms with E-state index in [2.05, 4.69) is 44.6 Å². The molecule has 1 aliphatic heterocycles. The first kappa shape index (κ1) is 22.7. The van der Waals surface area contributed by atoms with Gasteiger partial charge in [0, 0.05) is 49.3 Å². The van der Waals surface area contributed by atoms with Crippen LogP contribution < -0.4 is 10.6 Å². The molecule has 10 heteroatoms. The SMILES string of the molecule is Cc1ccc(NC(=O)C2CN(C(C)C)C2)cc1NC(=O)c1cnn2cc(-c3cnn(C)c3)ncc12. The Hall–Kier alpha value is -4.05. The Morgan fingerprint density at radius 3 is 2.57 bits per heavy atom. The summed E-state index contributed by atoms with van der Waals surface area (Å²) in [7, 11) is 1.84. The fourth-order valence-corrected chi connectivity index (χ4v) is 4.13. The highest BCUT2D eigenvalue weighted by atomic mass is 16.2. The van der Waals surface area contributed by atoms with E-state index < -0.39 is 0 Å². The number of hydrogen-bond donors (Lipinski definition) is 2. The Labute approximate surface area is 203 Å². The summed E-state index contributed by atoms with van der Waals surface area (Å²) in [6.45, 7) is 7.70. The molecule has 2 N–H and O–H groups in total. The third kappa shape index (κ3) is 4.52. The van der Waals surface area contributed by atoms with E-state index in [9.17, 15) is 9.59 Å². The number of anilines is 2. The summed E-state index contributed by atoms with van der Waals surface area (Å²) in [5.41, 5.74) is 4.75. The van der Waals surface area contributed by atoms with Crippen LogP contribution in [0.25, 0.3) is 16.8 Å². The second kappa shape index (κ2) is 8.95. The largest absolute Gasteiger partial charge is 0.326 e. The zero-order chi connectivity index (χ0) is 24.7. The van der Waals surface area contributed by atoms with Crippen molar-refractivity contribution >= 4 is 28.7 Å². The molecule has 0 bridgehead atoms. The molecule has 5 rings (SSSR count). The fraction of sp³-hybridized carbons (Fsp3) is 0.320. The van der Waals surface area contributed by atoms with E-state index >= 15 is 0 Å². The van der Waals surface area contributed by atoms with Gasteiger partial charge in [0.1, 0.15) is 0 Å². The minimum absolute atomic E-state index is 0.00107. The first-order valence-corrected chi connectivity index (χ1v) is 11.6. The number of likely N-dealkylation sites (tertiary alicyclic amines) is 1. The van der Waals surface area contributed by atoms with Crippen LogP contribution in [0.1, 0.15) is 29.8 Å². The first-order valence-electron chi connectivity index (χ1n) is 11.6. The maximum atomic E-state index is 13.1. The molecule has 4 heterocycles. The van der Waals surface area contributed by atoms with Crippen molar-refractivity contribution in [2.24, 2.45) is 13.0 Å². The van der Waals surface area contributed by atoms with Gasteiger partial charge in [0.05, 0.1) is 47.5 Å². The molecule has 4 aromatic rings. The van der Waals surface area contributed by atoms with Crippen molar-refractivity contribution in [2.45, 2.75) is 26.8 Å². The quantitative estimate of drug-likeness (QED) is 0.447. The second-order valence-electron chi connectivity index (χ2n) is 9.28. The number of amides is 2. The molecular formula is C25H28N8O2. The summed E-state index contributed by atoms with van der Waals surface area (Å²) in [4.78, 5) is 32.4. The van der Waals surface area contributed by atoms with E-state index in [1.165, 1.54) is 6.20 Å². The topological polar surface area (TPSA) is 109 Å². The number of hydrogen-bond acceptors (Lipinski definition) is 6. The zero-order valence-corrected chi connectivity index (χ0v) is 20.2. The second-order valence-corrected chi connectivity index (χ2v) is 9.28. The first-order chi connectivity index (χ1) is 16.8. The van der Waals surface area contributed by atoms with Gasteiger partial charge >= 0.3 is 0 Å². The van der Waals surface area contributed by atoms with Gasteiger partial charge in [-0.15, -0.1) is 0 Å². The summed E-state index contributed by atoms with van der Waals surface area (Å²) in [5.74, 6) is -0.310. The Morgan fingerprint density at radius 2 is 1.86 bits per heavy atom. The number of carbonyl (C=O) groups excluding carboxylic acids is 2. The Kier molecular flexibility index (Phi) is 5.81. The van der Waals surface area contributed by atoms with Gasteiger partial charge in [-0.2, -0.15) is 10.2 Å². The van der Waals surface area contributed by atoms with Crippen molar-refractivity contribution in [2.75, 3.05) is 23.7 Å². The van der Waals surface area contributed by atoms with Crippen LogP contribution in [0.2, 0.25) is 0 Å². The molecule has 0 atom stereocenters. The third-order valence-electron chi connectivity index (χ3n) is 6.41.